The highest BCUT2D eigenvalue weighted by Crippen LogP contribution is 2.31. The minimum atomic E-state index is -0.537. The van der Waals surface area contributed by atoms with Gasteiger partial charge in [-0.2, -0.15) is 0 Å². The van der Waals surface area contributed by atoms with Gasteiger partial charge in [-0.1, -0.05) is 0 Å². The molecule has 3 heterocycles. The Kier molecular flexibility index (Phi) is 6.86. The zero-order chi connectivity index (χ0) is 21.8. The van der Waals surface area contributed by atoms with Gasteiger partial charge in [-0.15, -0.1) is 0 Å². The molecule has 168 valence electrons. The zero-order valence-electron chi connectivity index (χ0n) is 18.2. The Bertz CT molecular complexity index is 1030. The van der Waals surface area contributed by atoms with Crippen LogP contribution in [0.5, 0.6) is 5.75 Å². The van der Waals surface area contributed by atoms with E-state index < -0.39 is 6.10 Å². The molecule has 0 bridgehead atoms. The second-order valence-corrected chi connectivity index (χ2v) is 7.80. The minimum Gasteiger partial charge on any atom is -0.492 e. The number of aromatic nitrogens is 3. The molecule has 1 saturated heterocycles. The third-order valence-electron chi connectivity index (χ3n) is 5.42. The van der Waals surface area contributed by atoms with Gasteiger partial charge in [0.1, 0.15) is 30.3 Å². The number of morpholine rings is 1. The van der Waals surface area contributed by atoms with E-state index in [1.54, 1.807) is 6.92 Å². The third kappa shape index (κ3) is 4.90. The van der Waals surface area contributed by atoms with Crippen LogP contribution in [0.3, 0.4) is 0 Å². The summed E-state index contributed by atoms with van der Waals surface area (Å²) in [6.07, 6.45) is -0.537. The Morgan fingerprint density at radius 1 is 1.26 bits per heavy atom. The summed E-state index contributed by atoms with van der Waals surface area (Å²) in [4.78, 5) is 11.6. The van der Waals surface area contributed by atoms with E-state index >= 15 is 0 Å². The molecule has 2 aromatic heterocycles. The number of fused-ring (bicyclic) bond motifs is 3. The fourth-order valence-corrected chi connectivity index (χ4v) is 3.91. The number of benzene rings is 1. The molecule has 4 rings (SSSR count). The summed E-state index contributed by atoms with van der Waals surface area (Å²) in [5.74, 6) is 1.84. The first-order chi connectivity index (χ1) is 15.1. The van der Waals surface area contributed by atoms with E-state index in [1.807, 2.05) is 29.7 Å². The van der Waals surface area contributed by atoms with Crippen molar-refractivity contribution in [1.82, 2.24) is 19.4 Å². The number of nitrogens with zero attached hydrogens (tertiary/aromatic N) is 4. The number of aliphatic hydroxyl groups excluding tert-OH is 1. The molecule has 31 heavy (non-hydrogen) atoms. The minimum absolute atomic E-state index is 0.349. The van der Waals surface area contributed by atoms with Gasteiger partial charge in [0.05, 0.1) is 36.9 Å². The van der Waals surface area contributed by atoms with Crippen LogP contribution in [0.15, 0.2) is 18.2 Å². The van der Waals surface area contributed by atoms with E-state index in [-0.39, 0.29) is 0 Å². The topological polar surface area (TPSA) is 108 Å². The summed E-state index contributed by atoms with van der Waals surface area (Å²) in [6.45, 7) is 9.91. The Morgan fingerprint density at radius 2 is 2.06 bits per heavy atom. The maximum Gasteiger partial charge on any atom is 0.152 e. The van der Waals surface area contributed by atoms with Crippen molar-refractivity contribution in [1.29, 1.82) is 0 Å². The van der Waals surface area contributed by atoms with Gasteiger partial charge in [-0.3, -0.25) is 4.90 Å². The quantitative estimate of drug-likeness (QED) is 0.530. The molecular formula is C22H31N5O4. The van der Waals surface area contributed by atoms with Crippen molar-refractivity contribution in [3.63, 3.8) is 0 Å². The van der Waals surface area contributed by atoms with Crippen molar-refractivity contribution in [2.75, 3.05) is 51.8 Å². The molecule has 1 aliphatic rings. The highest BCUT2D eigenvalue weighted by Gasteiger charge is 2.19. The zero-order valence-corrected chi connectivity index (χ0v) is 18.2. The normalized spacial score (nSPS) is 16.2. The SMILES string of the molecule is CCOCc1nc2c(N)nc3cc(OCCN4CCOCC4)ccc3c2n1CC(C)O. The molecule has 0 saturated carbocycles. The molecule has 9 heteroatoms. The number of pyridine rings is 1. The Labute approximate surface area is 181 Å². The van der Waals surface area contributed by atoms with Crippen LogP contribution in [0.2, 0.25) is 0 Å². The molecular weight excluding hydrogens is 398 g/mol. The number of rotatable bonds is 9. The monoisotopic (exact) mass is 429 g/mol. The fraction of sp³-hybridized carbons (Fsp3) is 0.545. The maximum atomic E-state index is 10.1. The molecule has 3 N–H and O–H groups in total. The predicted molar refractivity (Wildman–Crippen MR) is 119 cm³/mol. The molecule has 1 atom stereocenters. The van der Waals surface area contributed by atoms with Crippen molar-refractivity contribution >= 4 is 27.8 Å². The number of aliphatic hydroxyl groups is 1. The molecule has 3 aromatic rings. The Balaban J connectivity index is 1.63. The van der Waals surface area contributed by atoms with Crippen LogP contribution >= 0.6 is 0 Å². The van der Waals surface area contributed by atoms with E-state index in [4.69, 9.17) is 19.9 Å². The van der Waals surface area contributed by atoms with Crippen LogP contribution in [0.1, 0.15) is 19.7 Å². The Hall–Kier alpha value is -2.46. The average Bonchev–Trinajstić information content (AvgIpc) is 3.11. The van der Waals surface area contributed by atoms with Gasteiger partial charge in [0, 0.05) is 37.7 Å². The first-order valence-electron chi connectivity index (χ1n) is 10.8. The largest absolute Gasteiger partial charge is 0.492 e. The van der Waals surface area contributed by atoms with Gasteiger partial charge < -0.3 is 29.6 Å². The molecule has 0 amide bonds. The van der Waals surface area contributed by atoms with Crippen molar-refractivity contribution in [3.05, 3.63) is 24.0 Å². The maximum absolute atomic E-state index is 10.1. The summed E-state index contributed by atoms with van der Waals surface area (Å²) in [5.41, 5.74) is 8.49. The van der Waals surface area contributed by atoms with E-state index in [9.17, 15) is 5.11 Å². The third-order valence-corrected chi connectivity index (χ3v) is 5.42. The number of anilines is 1. The van der Waals surface area contributed by atoms with E-state index in [2.05, 4.69) is 14.9 Å². The smallest absolute Gasteiger partial charge is 0.152 e. The highest BCUT2D eigenvalue weighted by atomic mass is 16.5. The van der Waals surface area contributed by atoms with Gasteiger partial charge in [0.2, 0.25) is 0 Å². The molecule has 0 spiro atoms. The van der Waals surface area contributed by atoms with Crippen molar-refractivity contribution in [2.24, 2.45) is 0 Å². The van der Waals surface area contributed by atoms with Crippen LogP contribution < -0.4 is 10.5 Å². The lowest BCUT2D eigenvalue weighted by atomic mass is 10.1. The van der Waals surface area contributed by atoms with Crippen LogP contribution in [0, 0.1) is 0 Å². The number of ether oxygens (including phenoxy) is 3. The van der Waals surface area contributed by atoms with Gasteiger partial charge in [0.15, 0.2) is 5.82 Å². The van der Waals surface area contributed by atoms with Crippen molar-refractivity contribution < 1.29 is 19.3 Å². The number of nitrogen functional groups attached to an aromatic ring is 1. The number of hydrogen-bond acceptors (Lipinski definition) is 8. The first kappa shape index (κ1) is 21.8. The Morgan fingerprint density at radius 3 is 2.81 bits per heavy atom. The summed E-state index contributed by atoms with van der Waals surface area (Å²) in [6, 6.07) is 5.84. The molecule has 0 radical (unpaired) electrons. The van der Waals surface area contributed by atoms with E-state index in [0.29, 0.717) is 37.7 Å². The highest BCUT2D eigenvalue weighted by molar-refractivity contribution is 6.06. The van der Waals surface area contributed by atoms with Gasteiger partial charge in [0.25, 0.3) is 0 Å². The van der Waals surface area contributed by atoms with Crippen LogP contribution in [-0.2, 0) is 22.6 Å². The van der Waals surface area contributed by atoms with Gasteiger partial charge in [-0.25, -0.2) is 9.97 Å². The average molecular weight is 430 g/mol. The van der Waals surface area contributed by atoms with Crippen molar-refractivity contribution in [3.8, 4) is 5.75 Å². The predicted octanol–water partition coefficient (Wildman–Crippen LogP) is 1.79. The lowest BCUT2D eigenvalue weighted by Crippen LogP contribution is -2.38. The summed E-state index contributed by atoms with van der Waals surface area (Å²) >= 11 is 0. The molecule has 1 aromatic carbocycles. The van der Waals surface area contributed by atoms with Gasteiger partial charge >= 0.3 is 0 Å². The fourth-order valence-electron chi connectivity index (χ4n) is 3.91. The van der Waals surface area contributed by atoms with Crippen molar-refractivity contribution in [2.45, 2.75) is 33.1 Å². The van der Waals surface area contributed by atoms with Crippen LogP contribution in [0.25, 0.3) is 21.9 Å². The van der Waals surface area contributed by atoms with Crippen LogP contribution in [-0.4, -0.2) is 76.7 Å². The summed E-state index contributed by atoms with van der Waals surface area (Å²) in [7, 11) is 0. The molecule has 1 fully saturated rings. The molecule has 1 unspecified atom stereocenters. The second-order valence-electron chi connectivity index (χ2n) is 7.80. The second kappa shape index (κ2) is 9.78. The lowest BCUT2D eigenvalue weighted by molar-refractivity contribution is 0.0322. The first-order valence-corrected chi connectivity index (χ1v) is 10.8. The van der Waals surface area contributed by atoms with Crippen LogP contribution in [0.4, 0.5) is 5.82 Å². The molecule has 9 nitrogen and oxygen atoms in total. The lowest BCUT2D eigenvalue weighted by Gasteiger charge is -2.26. The standard InChI is InChI=1S/C22H31N5O4/c1-3-29-14-19-25-20-21(27(19)13-15(2)28)17-5-4-16(12-18(17)24-22(20)23)31-11-8-26-6-9-30-10-7-26/h4-5,12,15,28H,3,6-11,13-14H2,1-2H3,(H2,23,24). The van der Waals surface area contributed by atoms with E-state index in [0.717, 1.165) is 60.8 Å². The number of nitrogens with two attached hydrogens (primary N) is 1. The van der Waals surface area contributed by atoms with Gasteiger partial charge in [-0.05, 0) is 26.0 Å². The van der Waals surface area contributed by atoms with E-state index in [1.165, 1.54) is 0 Å². The molecule has 1 aliphatic heterocycles. The summed E-state index contributed by atoms with van der Waals surface area (Å²) in [5, 5.41) is 11.0. The molecule has 0 aliphatic carbocycles. The number of hydrogen-bond donors (Lipinski definition) is 2. The summed E-state index contributed by atoms with van der Waals surface area (Å²) < 4.78 is 18.9. The number of imidazole rings is 1.